The minimum atomic E-state index is -0.164. The van der Waals surface area contributed by atoms with Crippen LogP contribution in [0, 0.1) is 5.82 Å². The number of nitrogens with one attached hydrogen (secondary N) is 1. The lowest BCUT2D eigenvalue weighted by atomic mass is 10.1. The Morgan fingerprint density at radius 1 is 1.11 bits per heavy atom. The zero-order valence-corrected chi connectivity index (χ0v) is 12.5. The molecule has 0 spiro atoms. The van der Waals surface area contributed by atoms with E-state index in [0.717, 1.165) is 43.9 Å². The second kappa shape index (κ2) is 8.12. The lowest BCUT2D eigenvalue weighted by Gasteiger charge is -2.22. The number of likely N-dealkylation sites (N-methyl/N-ethyl adjacent to an activating group) is 2. The van der Waals surface area contributed by atoms with Crippen molar-refractivity contribution in [2.45, 2.75) is 19.9 Å². The van der Waals surface area contributed by atoms with Gasteiger partial charge in [0.25, 0.3) is 0 Å². The number of halogens is 1. The normalized spacial score (nSPS) is 11.1. The van der Waals surface area contributed by atoms with E-state index in [1.807, 2.05) is 21.1 Å². The van der Waals surface area contributed by atoms with Crippen LogP contribution in [0.5, 0.6) is 0 Å². The molecule has 0 fully saturated rings. The van der Waals surface area contributed by atoms with Gasteiger partial charge in [-0.05, 0) is 50.8 Å². The molecule has 19 heavy (non-hydrogen) atoms. The van der Waals surface area contributed by atoms with Crippen LogP contribution in [-0.2, 0) is 6.54 Å². The van der Waals surface area contributed by atoms with E-state index in [1.165, 1.54) is 0 Å². The summed E-state index contributed by atoms with van der Waals surface area (Å²) in [4.78, 5) is 4.21. The third-order valence-corrected chi connectivity index (χ3v) is 3.02. The molecule has 1 aromatic carbocycles. The third kappa shape index (κ3) is 6.03. The maximum Gasteiger partial charge on any atom is 0.125 e. The van der Waals surface area contributed by atoms with Gasteiger partial charge in [0.05, 0.1) is 0 Å². The topological polar surface area (TPSA) is 18.5 Å². The standard InChI is InChI=1S/C15H26FN3/c1-5-6-17-12-13-9-14(16)11-15(10-13)19(4)8-7-18(2)3/h9-11,17H,5-8,12H2,1-4H3. The van der Waals surface area contributed by atoms with Crippen LogP contribution in [0.25, 0.3) is 0 Å². The molecule has 3 nitrogen and oxygen atoms in total. The van der Waals surface area contributed by atoms with Gasteiger partial charge in [0.15, 0.2) is 0 Å². The number of rotatable bonds is 8. The summed E-state index contributed by atoms with van der Waals surface area (Å²) in [5, 5.41) is 3.30. The van der Waals surface area contributed by atoms with Gasteiger partial charge in [-0.1, -0.05) is 6.92 Å². The molecule has 1 rings (SSSR count). The number of hydrogen-bond donors (Lipinski definition) is 1. The highest BCUT2D eigenvalue weighted by Crippen LogP contribution is 2.17. The van der Waals surface area contributed by atoms with Crippen LogP contribution in [-0.4, -0.2) is 45.7 Å². The number of nitrogens with zero attached hydrogens (tertiary/aromatic N) is 2. The molecule has 0 saturated carbocycles. The highest BCUT2D eigenvalue weighted by molar-refractivity contribution is 5.48. The first-order chi connectivity index (χ1) is 9.02. The van der Waals surface area contributed by atoms with Crippen molar-refractivity contribution >= 4 is 5.69 Å². The Morgan fingerprint density at radius 2 is 1.84 bits per heavy atom. The predicted octanol–water partition coefficient (Wildman–Crippen LogP) is 2.32. The molecule has 108 valence electrons. The zero-order valence-electron chi connectivity index (χ0n) is 12.5. The summed E-state index contributed by atoms with van der Waals surface area (Å²) < 4.78 is 13.6. The molecule has 1 aromatic rings. The minimum Gasteiger partial charge on any atom is -0.373 e. The average Bonchev–Trinajstić information content (AvgIpc) is 2.35. The zero-order chi connectivity index (χ0) is 14.3. The highest BCUT2D eigenvalue weighted by atomic mass is 19.1. The smallest absolute Gasteiger partial charge is 0.125 e. The van der Waals surface area contributed by atoms with Crippen LogP contribution in [0.15, 0.2) is 18.2 Å². The van der Waals surface area contributed by atoms with Gasteiger partial charge in [-0.15, -0.1) is 0 Å². The van der Waals surface area contributed by atoms with E-state index in [1.54, 1.807) is 12.1 Å². The van der Waals surface area contributed by atoms with Crippen molar-refractivity contribution in [2.75, 3.05) is 45.7 Å². The summed E-state index contributed by atoms with van der Waals surface area (Å²) in [5.74, 6) is -0.164. The van der Waals surface area contributed by atoms with Gasteiger partial charge in [-0.3, -0.25) is 0 Å². The Labute approximate surface area is 116 Å². The van der Waals surface area contributed by atoms with Gasteiger partial charge in [0.2, 0.25) is 0 Å². The van der Waals surface area contributed by atoms with Crippen LogP contribution in [0.1, 0.15) is 18.9 Å². The van der Waals surface area contributed by atoms with E-state index in [-0.39, 0.29) is 5.82 Å². The predicted molar refractivity (Wildman–Crippen MR) is 80.2 cm³/mol. The molecule has 0 atom stereocenters. The maximum absolute atomic E-state index is 13.6. The first kappa shape index (κ1) is 15.9. The summed E-state index contributed by atoms with van der Waals surface area (Å²) in [6.07, 6.45) is 1.09. The third-order valence-electron chi connectivity index (χ3n) is 3.02. The van der Waals surface area contributed by atoms with Crippen molar-refractivity contribution in [3.63, 3.8) is 0 Å². The Balaban J connectivity index is 2.66. The van der Waals surface area contributed by atoms with E-state index in [4.69, 9.17) is 0 Å². The van der Waals surface area contributed by atoms with E-state index in [9.17, 15) is 4.39 Å². The summed E-state index contributed by atoms with van der Waals surface area (Å²) in [6, 6.07) is 5.26. The van der Waals surface area contributed by atoms with E-state index in [0.29, 0.717) is 0 Å². The quantitative estimate of drug-likeness (QED) is 0.729. The molecular weight excluding hydrogens is 241 g/mol. The monoisotopic (exact) mass is 267 g/mol. The SMILES string of the molecule is CCCNCc1cc(F)cc(N(C)CCN(C)C)c1. The minimum absolute atomic E-state index is 0.164. The van der Waals surface area contributed by atoms with Crippen LogP contribution < -0.4 is 10.2 Å². The molecular formula is C15H26FN3. The van der Waals surface area contributed by atoms with Crippen molar-refractivity contribution in [1.82, 2.24) is 10.2 Å². The maximum atomic E-state index is 13.6. The molecule has 0 amide bonds. The molecule has 0 unspecified atom stereocenters. The molecule has 0 heterocycles. The molecule has 0 aliphatic carbocycles. The molecule has 0 aliphatic rings. The molecule has 4 heteroatoms. The van der Waals surface area contributed by atoms with Crippen LogP contribution in [0.4, 0.5) is 10.1 Å². The Bertz CT molecular complexity index is 380. The fraction of sp³-hybridized carbons (Fsp3) is 0.600. The van der Waals surface area contributed by atoms with Crippen molar-refractivity contribution in [3.8, 4) is 0 Å². The molecule has 0 saturated heterocycles. The molecule has 0 aromatic heterocycles. The van der Waals surface area contributed by atoms with Crippen molar-refractivity contribution in [2.24, 2.45) is 0 Å². The largest absolute Gasteiger partial charge is 0.373 e. The van der Waals surface area contributed by atoms with Gasteiger partial charge in [0, 0.05) is 32.4 Å². The Morgan fingerprint density at radius 3 is 2.47 bits per heavy atom. The fourth-order valence-electron chi connectivity index (χ4n) is 1.84. The summed E-state index contributed by atoms with van der Waals surface area (Å²) in [7, 11) is 6.08. The van der Waals surface area contributed by atoms with Gasteiger partial charge in [-0.25, -0.2) is 4.39 Å². The molecule has 1 N–H and O–H groups in total. The lowest BCUT2D eigenvalue weighted by molar-refractivity contribution is 0.416. The first-order valence-corrected chi connectivity index (χ1v) is 6.89. The van der Waals surface area contributed by atoms with Gasteiger partial charge >= 0.3 is 0 Å². The lowest BCUT2D eigenvalue weighted by Crippen LogP contribution is -2.28. The molecule has 0 radical (unpaired) electrons. The van der Waals surface area contributed by atoms with E-state index >= 15 is 0 Å². The number of anilines is 1. The Kier molecular flexibility index (Phi) is 6.81. The molecule has 0 bridgehead atoms. The summed E-state index contributed by atoms with van der Waals surface area (Å²) in [5.41, 5.74) is 1.94. The average molecular weight is 267 g/mol. The number of benzene rings is 1. The number of hydrogen-bond acceptors (Lipinski definition) is 3. The van der Waals surface area contributed by atoms with Gasteiger partial charge in [-0.2, -0.15) is 0 Å². The van der Waals surface area contributed by atoms with Crippen LogP contribution in [0.3, 0.4) is 0 Å². The Hall–Kier alpha value is -1.13. The van der Waals surface area contributed by atoms with E-state index < -0.39 is 0 Å². The van der Waals surface area contributed by atoms with Crippen molar-refractivity contribution in [1.29, 1.82) is 0 Å². The second-order valence-corrected chi connectivity index (χ2v) is 5.22. The van der Waals surface area contributed by atoms with Crippen molar-refractivity contribution in [3.05, 3.63) is 29.6 Å². The van der Waals surface area contributed by atoms with Crippen molar-refractivity contribution < 1.29 is 4.39 Å². The van der Waals surface area contributed by atoms with Gasteiger partial charge in [0.1, 0.15) is 5.82 Å². The summed E-state index contributed by atoms with van der Waals surface area (Å²) >= 11 is 0. The highest BCUT2D eigenvalue weighted by Gasteiger charge is 2.05. The second-order valence-electron chi connectivity index (χ2n) is 5.22. The molecule has 0 aliphatic heterocycles. The van der Waals surface area contributed by atoms with Gasteiger partial charge < -0.3 is 15.1 Å². The van der Waals surface area contributed by atoms with Crippen LogP contribution in [0.2, 0.25) is 0 Å². The summed E-state index contributed by atoms with van der Waals surface area (Å²) in [6.45, 7) is 5.65. The van der Waals surface area contributed by atoms with Crippen LogP contribution >= 0.6 is 0 Å². The fourth-order valence-corrected chi connectivity index (χ4v) is 1.84. The first-order valence-electron chi connectivity index (χ1n) is 6.89. The van der Waals surface area contributed by atoms with E-state index in [2.05, 4.69) is 28.1 Å².